The Bertz CT molecular complexity index is 488. The van der Waals surface area contributed by atoms with Crippen LogP contribution in [0.1, 0.15) is 49.5 Å². The van der Waals surface area contributed by atoms with Gasteiger partial charge in [0.25, 0.3) is 5.91 Å². The summed E-state index contributed by atoms with van der Waals surface area (Å²) < 4.78 is 0. The summed E-state index contributed by atoms with van der Waals surface area (Å²) in [6.07, 6.45) is 2.59. The topological polar surface area (TPSA) is 37.4 Å². The van der Waals surface area contributed by atoms with Crippen molar-refractivity contribution in [1.82, 2.24) is 4.90 Å². The van der Waals surface area contributed by atoms with Gasteiger partial charge in [0.05, 0.1) is 5.54 Å². The standard InChI is InChI=1S/C16H21NO2/c1-4-5-12-6-8-13(9-7-12)15(19)17-11-10-14(18)16(17,2)3/h6-9H,4-5,10-11H2,1-3H3. The largest absolute Gasteiger partial charge is 0.326 e. The van der Waals surface area contributed by atoms with Crippen LogP contribution in [0.15, 0.2) is 24.3 Å². The molecule has 1 aromatic rings. The highest BCUT2D eigenvalue weighted by Crippen LogP contribution is 2.27. The highest BCUT2D eigenvalue weighted by Gasteiger charge is 2.42. The van der Waals surface area contributed by atoms with Crippen LogP contribution in [0, 0.1) is 0 Å². The molecule has 0 atom stereocenters. The van der Waals surface area contributed by atoms with Crippen LogP contribution in [0.3, 0.4) is 0 Å². The lowest BCUT2D eigenvalue weighted by atomic mass is 9.99. The van der Waals surface area contributed by atoms with Crippen LogP contribution in [0.5, 0.6) is 0 Å². The van der Waals surface area contributed by atoms with Crippen LogP contribution in [0.25, 0.3) is 0 Å². The second kappa shape index (κ2) is 5.16. The van der Waals surface area contributed by atoms with Gasteiger partial charge in [-0.1, -0.05) is 25.5 Å². The predicted octanol–water partition coefficient (Wildman–Crippen LogP) is 2.83. The van der Waals surface area contributed by atoms with Gasteiger partial charge in [-0.05, 0) is 38.0 Å². The molecule has 19 heavy (non-hydrogen) atoms. The summed E-state index contributed by atoms with van der Waals surface area (Å²) in [7, 11) is 0. The van der Waals surface area contributed by atoms with Crippen LogP contribution >= 0.6 is 0 Å². The molecular weight excluding hydrogens is 238 g/mol. The van der Waals surface area contributed by atoms with Crippen LogP contribution in [0.4, 0.5) is 0 Å². The van der Waals surface area contributed by atoms with E-state index in [-0.39, 0.29) is 11.7 Å². The molecule has 0 aliphatic carbocycles. The number of ketones is 1. The minimum Gasteiger partial charge on any atom is -0.326 e. The number of benzene rings is 1. The molecule has 3 heteroatoms. The number of hydrogen-bond acceptors (Lipinski definition) is 2. The summed E-state index contributed by atoms with van der Waals surface area (Å²) >= 11 is 0. The summed E-state index contributed by atoms with van der Waals surface area (Å²) in [6, 6.07) is 7.74. The first-order valence-corrected chi connectivity index (χ1v) is 6.91. The molecule has 1 fully saturated rings. The average Bonchev–Trinajstić information content (AvgIpc) is 2.65. The molecule has 0 unspecified atom stereocenters. The third-order valence-electron chi connectivity index (χ3n) is 3.90. The Kier molecular flexibility index (Phi) is 3.74. The Balaban J connectivity index is 2.18. The Morgan fingerprint density at radius 2 is 1.89 bits per heavy atom. The van der Waals surface area contributed by atoms with E-state index in [4.69, 9.17) is 0 Å². The Hall–Kier alpha value is -1.64. The number of hydrogen-bond donors (Lipinski definition) is 0. The van der Waals surface area contributed by atoms with Gasteiger partial charge >= 0.3 is 0 Å². The fraction of sp³-hybridized carbons (Fsp3) is 0.500. The number of carbonyl (C=O) groups excluding carboxylic acids is 2. The molecule has 0 radical (unpaired) electrons. The van der Waals surface area contributed by atoms with Crippen molar-refractivity contribution in [3.05, 3.63) is 35.4 Å². The molecule has 102 valence electrons. The number of Topliss-reactive ketones (excluding diaryl/α,β-unsaturated/α-hetero) is 1. The lowest BCUT2D eigenvalue weighted by molar-refractivity contribution is -0.123. The van der Waals surface area contributed by atoms with Gasteiger partial charge in [-0.25, -0.2) is 0 Å². The van der Waals surface area contributed by atoms with Crippen molar-refractivity contribution in [1.29, 1.82) is 0 Å². The summed E-state index contributed by atoms with van der Waals surface area (Å²) in [5, 5.41) is 0. The van der Waals surface area contributed by atoms with Crippen molar-refractivity contribution in [2.24, 2.45) is 0 Å². The third kappa shape index (κ3) is 2.55. The van der Waals surface area contributed by atoms with Crippen molar-refractivity contribution in [3.8, 4) is 0 Å². The van der Waals surface area contributed by atoms with Gasteiger partial charge in [0.2, 0.25) is 0 Å². The van der Waals surface area contributed by atoms with E-state index in [1.807, 2.05) is 38.1 Å². The maximum Gasteiger partial charge on any atom is 0.254 e. The number of nitrogens with zero attached hydrogens (tertiary/aromatic N) is 1. The van der Waals surface area contributed by atoms with Crippen LogP contribution in [-0.2, 0) is 11.2 Å². The van der Waals surface area contributed by atoms with E-state index >= 15 is 0 Å². The molecular formula is C16H21NO2. The molecule has 1 aliphatic heterocycles. The maximum atomic E-state index is 12.5. The first-order chi connectivity index (χ1) is 8.96. The number of rotatable bonds is 3. The second-order valence-corrected chi connectivity index (χ2v) is 5.64. The fourth-order valence-corrected chi connectivity index (χ4v) is 2.56. The first-order valence-electron chi connectivity index (χ1n) is 6.91. The van der Waals surface area contributed by atoms with Gasteiger partial charge in [0.15, 0.2) is 5.78 Å². The van der Waals surface area contributed by atoms with E-state index in [1.54, 1.807) is 4.90 Å². The van der Waals surface area contributed by atoms with E-state index in [0.29, 0.717) is 18.5 Å². The molecule has 0 spiro atoms. The van der Waals surface area contributed by atoms with Gasteiger partial charge in [0.1, 0.15) is 0 Å². The van der Waals surface area contributed by atoms with Crippen LogP contribution in [-0.4, -0.2) is 28.7 Å². The molecule has 0 bridgehead atoms. The van der Waals surface area contributed by atoms with Crippen LogP contribution < -0.4 is 0 Å². The zero-order chi connectivity index (χ0) is 14.0. The molecule has 0 saturated carbocycles. The van der Waals surface area contributed by atoms with E-state index in [2.05, 4.69) is 6.92 Å². The minimum absolute atomic E-state index is 0.0427. The Morgan fingerprint density at radius 1 is 1.26 bits per heavy atom. The molecule has 1 heterocycles. The number of aryl methyl sites for hydroxylation is 1. The van der Waals surface area contributed by atoms with E-state index < -0.39 is 5.54 Å². The summed E-state index contributed by atoms with van der Waals surface area (Å²) in [4.78, 5) is 25.9. The van der Waals surface area contributed by atoms with Crippen LogP contribution in [0.2, 0.25) is 0 Å². The molecule has 1 aliphatic rings. The highest BCUT2D eigenvalue weighted by molar-refractivity contribution is 6.01. The molecule has 1 aromatic carbocycles. The summed E-state index contributed by atoms with van der Waals surface area (Å²) in [6.45, 7) is 6.32. The van der Waals surface area contributed by atoms with Crippen molar-refractivity contribution in [3.63, 3.8) is 0 Å². The molecule has 0 N–H and O–H groups in total. The molecule has 1 saturated heterocycles. The quantitative estimate of drug-likeness (QED) is 0.837. The highest BCUT2D eigenvalue weighted by atomic mass is 16.2. The Morgan fingerprint density at radius 3 is 2.37 bits per heavy atom. The van der Waals surface area contributed by atoms with E-state index in [0.717, 1.165) is 12.8 Å². The van der Waals surface area contributed by atoms with Gasteiger partial charge in [-0.15, -0.1) is 0 Å². The van der Waals surface area contributed by atoms with Crippen molar-refractivity contribution >= 4 is 11.7 Å². The van der Waals surface area contributed by atoms with Crippen molar-refractivity contribution < 1.29 is 9.59 Å². The van der Waals surface area contributed by atoms with Crippen molar-refractivity contribution in [2.45, 2.75) is 45.6 Å². The molecule has 0 aromatic heterocycles. The normalized spacial score (nSPS) is 17.8. The zero-order valence-corrected chi connectivity index (χ0v) is 11.9. The monoisotopic (exact) mass is 259 g/mol. The lowest BCUT2D eigenvalue weighted by Gasteiger charge is -2.30. The summed E-state index contributed by atoms with van der Waals surface area (Å²) in [5.74, 6) is 0.0994. The average molecular weight is 259 g/mol. The number of amides is 1. The van der Waals surface area contributed by atoms with E-state index in [9.17, 15) is 9.59 Å². The van der Waals surface area contributed by atoms with Crippen molar-refractivity contribution in [2.75, 3.05) is 6.54 Å². The number of likely N-dealkylation sites (tertiary alicyclic amines) is 1. The third-order valence-corrected chi connectivity index (χ3v) is 3.90. The summed E-state index contributed by atoms with van der Waals surface area (Å²) in [5.41, 5.74) is 1.25. The van der Waals surface area contributed by atoms with Gasteiger partial charge in [-0.3, -0.25) is 9.59 Å². The first kappa shape index (κ1) is 13.8. The molecule has 2 rings (SSSR count). The van der Waals surface area contributed by atoms with Gasteiger partial charge < -0.3 is 4.90 Å². The SMILES string of the molecule is CCCc1ccc(C(=O)N2CCC(=O)C2(C)C)cc1. The minimum atomic E-state index is -0.667. The molecule has 3 nitrogen and oxygen atoms in total. The fourth-order valence-electron chi connectivity index (χ4n) is 2.56. The second-order valence-electron chi connectivity index (χ2n) is 5.64. The van der Waals surface area contributed by atoms with E-state index in [1.165, 1.54) is 5.56 Å². The number of carbonyl (C=O) groups is 2. The van der Waals surface area contributed by atoms with Gasteiger partial charge in [0, 0.05) is 18.5 Å². The lowest BCUT2D eigenvalue weighted by Crippen LogP contribution is -2.46. The zero-order valence-electron chi connectivity index (χ0n) is 11.9. The molecule has 1 amide bonds. The Labute approximate surface area is 114 Å². The smallest absolute Gasteiger partial charge is 0.254 e. The van der Waals surface area contributed by atoms with Gasteiger partial charge in [-0.2, -0.15) is 0 Å². The predicted molar refractivity (Wildman–Crippen MR) is 75.2 cm³/mol. The maximum absolute atomic E-state index is 12.5.